The Hall–Kier alpha value is -1.15. The second-order valence-electron chi connectivity index (χ2n) is 4.96. The van der Waals surface area contributed by atoms with Gasteiger partial charge >= 0.3 is 0 Å². The van der Waals surface area contributed by atoms with Crippen molar-refractivity contribution in [2.75, 3.05) is 0 Å². The molecule has 1 fully saturated rings. The van der Waals surface area contributed by atoms with Gasteiger partial charge in [-0.2, -0.15) is 0 Å². The lowest BCUT2D eigenvalue weighted by Crippen LogP contribution is -2.38. The minimum atomic E-state index is -1.10. The third-order valence-corrected chi connectivity index (χ3v) is 3.98. The van der Waals surface area contributed by atoms with Crippen LogP contribution in [-0.4, -0.2) is 16.5 Å². The van der Waals surface area contributed by atoms with Crippen LogP contribution in [-0.2, 0) is 4.79 Å². The fourth-order valence-electron chi connectivity index (χ4n) is 2.50. The number of hydrogen-bond acceptors (Lipinski definition) is 2. The van der Waals surface area contributed by atoms with Crippen molar-refractivity contribution in [3.8, 4) is 0 Å². The Morgan fingerprint density at radius 1 is 1.29 bits per heavy atom. The molecule has 1 saturated carbocycles. The maximum absolute atomic E-state index is 12.2. The Labute approximate surface area is 103 Å². The standard InChI is InChI=1S/C15H20O2/c1-3-15(17,4-2)14(16)13-10-12(13)11-8-6-5-7-9-11/h5-9,12-13,17H,3-4,10H2,1-2H3. The van der Waals surface area contributed by atoms with E-state index in [1.54, 1.807) is 0 Å². The minimum absolute atomic E-state index is 0.0299. The summed E-state index contributed by atoms with van der Waals surface area (Å²) in [5.74, 6) is 0.395. The van der Waals surface area contributed by atoms with Crippen LogP contribution in [0, 0.1) is 5.92 Å². The van der Waals surface area contributed by atoms with Crippen molar-refractivity contribution < 1.29 is 9.90 Å². The normalized spacial score (nSPS) is 23.5. The highest BCUT2D eigenvalue weighted by Gasteiger charge is 2.49. The van der Waals surface area contributed by atoms with Gasteiger partial charge in [-0.15, -0.1) is 0 Å². The van der Waals surface area contributed by atoms with Gasteiger partial charge < -0.3 is 5.11 Å². The summed E-state index contributed by atoms with van der Waals surface area (Å²) >= 11 is 0. The molecule has 1 aliphatic carbocycles. The van der Waals surface area contributed by atoms with E-state index in [4.69, 9.17) is 0 Å². The Morgan fingerprint density at radius 3 is 2.41 bits per heavy atom. The Balaban J connectivity index is 2.06. The van der Waals surface area contributed by atoms with E-state index in [1.807, 2.05) is 32.0 Å². The van der Waals surface area contributed by atoms with Gasteiger partial charge in [0.05, 0.1) is 0 Å². The van der Waals surface area contributed by atoms with Gasteiger partial charge in [0.15, 0.2) is 5.78 Å². The first-order chi connectivity index (χ1) is 8.12. The molecule has 0 bridgehead atoms. The first-order valence-electron chi connectivity index (χ1n) is 6.44. The van der Waals surface area contributed by atoms with Crippen LogP contribution < -0.4 is 0 Å². The zero-order valence-electron chi connectivity index (χ0n) is 10.5. The fraction of sp³-hybridized carbons (Fsp3) is 0.533. The highest BCUT2D eigenvalue weighted by Crippen LogP contribution is 2.50. The van der Waals surface area contributed by atoms with Crippen molar-refractivity contribution in [1.29, 1.82) is 0 Å². The maximum atomic E-state index is 12.2. The number of hydrogen-bond donors (Lipinski definition) is 1. The number of carbonyl (C=O) groups excluding carboxylic acids is 1. The van der Waals surface area contributed by atoms with Gasteiger partial charge in [-0.1, -0.05) is 44.2 Å². The third kappa shape index (κ3) is 2.27. The van der Waals surface area contributed by atoms with E-state index in [0.717, 1.165) is 6.42 Å². The van der Waals surface area contributed by atoms with Gasteiger partial charge in [0, 0.05) is 5.92 Å². The summed E-state index contributed by atoms with van der Waals surface area (Å²) in [5.41, 5.74) is 0.120. The molecule has 1 aromatic rings. The van der Waals surface area contributed by atoms with Crippen molar-refractivity contribution in [1.82, 2.24) is 0 Å². The molecule has 0 spiro atoms. The van der Waals surface area contributed by atoms with Gasteiger partial charge in [0.1, 0.15) is 5.60 Å². The quantitative estimate of drug-likeness (QED) is 0.847. The molecule has 0 aromatic heterocycles. The summed E-state index contributed by atoms with van der Waals surface area (Å²) in [5, 5.41) is 10.2. The van der Waals surface area contributed by atoms with Crippen molar-refractivity contribution in [2.24, 2.45) is 5.92 Å². The lowest BCUT2D eigenvalue weighted by atomic mass is 9.88. The van der Waals surface area contributed by atoms with Gasteiger partial charge in [0.2, 0.25) is 0 Å². The molecule has 17 heavy (non-hydrogen) atoms. The summed E-state index contributed by atoms with van der Waals surface area (Å²) in [6.07, 6.45) is 1.92. The summed E-state index contributed by atoms with van der Waals surface area (Å²) in [6, 6.07) is 10.1. The maximum Gasteiger partial charge on any atom is 0.168 e. The van der Waals surface area contributed by atoms with Crippen LogP contribution in [0.15, 0.2) is 30.3 Å². The molecule has 0 radical (unpaired) electrons. The van der Waals surface area contributed by atoms with E-state index in [9.17, 15) is 9.90 Å². The summed E-state index contributed by atoms with van der Waals surface area (Å²) in [4.78, 5) is 12.2. The number of benzene rings is 1. The van der Waals surface area contributed by atoms with E-state index in [-0.39, 0.29) is 11.7 Å². The van der Waals surface area contributed by atoms with Crippen molar-refractivity contribution in [2.45, 2.75) is 44.6 Å². The molecule has 0 amide bonds. The lowest BCUT2D eigenvalue weighted by Gasteiger charge is -2.23. The lowest BCUT2D eigenvalue weighted by molar-refractivity contribution is -0.139. The van der Waals surface area contributed by atoms with Crippen LogP contribution in [0.1, 0.15) is 44.6 Å². The molecule has 2 heteroatoms. The number of Topliss-reactive ketones (excluding diaryl/α,β-unsaturated/α-hetero) is 1. The third-order valence-electron chi connectivity index (χ3n) is 3.98. The van der Waals surface area contributed by atoms with E-state index >= 15 is 0 Å². The molecule has 1 aliphatic rings. The van der Waals surface area contributed by atoms with E-state index in [0.29, 0.717) is 18.8 Å². The molecule has 0 heterocycles. The fourth-order valence-corrected chi connectivity index (χ4v) is 2.50. The monoisotopic (exact) mass is 232 g/mol. The first-order valence-corrected chi connectivity index (χ1v) is 6.44. The van der Waals surface area contributed by atoms with Crippen LogP contribution in [0.5, 0.6) is 0 Å². The van der Waals surface area contributed by atoms with Crippen LogP contribution in [0.3, 0.4) is 0 Å². The Morgan fingerprint density at radius 2 is 1.88 bits per heavy atom. The van der Waals surface area contributed by atoms with Crippen molar-refractivity contribution in [3.05, 3.63) is 35.9 Å². The first kappa shape index (κ1) is 12.3. The molecule has 92 valence electrons. The highest BCUT2D eigenvalue weighted by atomic mass is 16.3. The molecule has 2 rings (SSSR count). The van der Waals surface area contributed by atoms with Gasteiger partial charge in [0.25, 0.3) is 0 Å². The van der Waals surface area contributed by atoms with Crippen LogP contribution in [0.25, 0.3) is 0 Å². The second-order valence-corrected chi connectivity index (χ2v) is 4.96. The molecule has 2 atom stereocenters. The molecule has 0 aliphatic heterocycles. The Bertz CT molecular complexity index is 393. The average Bonchev–Trinajstić information content (AvgIpc) is 3.18. The van der Waals surface area contributed by atoms with Gasteiger partial charge in [-0.3, -0.25) is 4.79 Å². The van der Waals surface area contributed by atoms with Crippen LogP contribution >= 0.6 is 0 Å². The summed E-state index contributed by atoms with van der Waals surface area (Å²) in [6.45, 7) is 3.75. The zero-order chi connectivity index (χ0) is 12.5. The molecule has 2 unspecified atom stereocenters. The summed E-state index contributed by atoms with van der Waals surface area (Å²) in [7, 11) is 0. The number of carbonyl (C=O) groups is 1. The number of aliphatic hydroxyl groups is 1. The van der Waals surface area contributed by atoms with Crippen LogP contribution in [0.4, 0.5) is 0 Å². The second kappa shape index (κ2) is 4.61. The van der Waals surface area contributed by atoms with E-state index in [1.165, 1.54) is 5.56 Å². The molecule has 2 nitrogen and oxygen atoms in total. The minimum Gasteiger partial charge on any atom is -0.382 e. The van der Waals surface area contributed by atoms with E-state index in [2.05, 4.69) is 12.1 Å². The Kier molecular flexibility index (Phi) is 3.34. The molecular weight excluding hydrogens is 212 g/mol. The topological polar surface area (TPSA) is 37.3 Å². The summed E-state index contributed by atoms with van der Waals surface area (Å²) < 4.78 is 0. The highest BCUT2D eigenvalue weighted by molar-refractivity contribution is 5.92. The predicted octanol–water partition coefficient (Wildman–Crippen LogP) is 2.91. The zero-order valence-corrected chi connectivity index (χ0v) is 10.5. The molecular formula is C15H20O2. The number of ketones is 1. The molecule has 1 aromatic carbocycles. The van der Waals surface area contributed by atoms with E-state index < -0.39 is 5.60 Å². The van der Waals surface area contributed by atoms with Gasteiger partial charge in [-0.25, -0.2) is 0 Å². The average molecular weight is 232 g/mol. The number of rotatable bonds is 5. The largest absolute Gasteiger partial charge is 0.382 e. The van der Waals surface area contributed by atoms with Gasteiger partial charge in [-0.05, 0) is 30.7 Å². The molecule has 1 N–H and O–H groups in total. The SMILES string of the molecule is CCC(O)(CC)C(=O)C1CC1c1ccccc1. The van der Waals surface area contributed by atoms with Crippen LogP contribution in [0.2, 0.25) is 0 Å². The van der Waals surface area contributed by atoms with Crippen molar-refractivity contribution >= 4 is 5.78 Å². The smallest absolute Gasteiger partial charge is 0.168 e. The predicted molar refractivity (Wildman–Crippen MR) is 67.8 cm³/mol. The van der Waals surface area contributed by atoms with Crippen molar-refractivity contribution in [3.63, 3.8) is 0 Å². The molecule has 0 saturated heterocycles.